The fourth-order valence-corrected chi connectivity index (χ4v) is 16.2. The number of alkyl halides is 1. The number of β-lactam (4-membered cyclic amide) rings is 1. The van der Waals surface area contributed by atoms with E-state index in [2.05, 4.69) is 41.2 Å². The number of nitrogens with one attached hydrogen (secondary N) is 4. The lowest BCUT2D eigenvalue weighted by molar-refractivity contribution is -0.219. The number of ketones is 1. The van der Waals surface area contributed by atoms with E-state index in [1.165, 1.54) is 40.6 Å². The molecule has 9 rings (SSSR count). The molecule has 456 valence electrons. The Bertz CT molecular complexity index is 3280. The van der Waals surface area contributed by atoms with Gasteiger partial charge in [0, 0.05) is 78.2 Å². The number of aliphatic hydroxyl groups is 2. The van der Waals surface area contributed by atoms with Gasteiger partial charge in [-0.2, -0.15) is 11.8 Å². The number of carboxylic acid groups (broad SMARTS) is 2. The lowest BCUT2D eigenvalue weighted by atomic mass is 9.44. The number of nitrogens with two attached hydrogens (primary N) is 1. The van der Waals surface area contributed by atoms with Crippen LogP contribution >= 0.6 is 23.5 Å². The number of carbonyl (C=O) groups excluding carboxylic acids is 6. The van der Waals surface area contributed by atoms with Gasteiger partial charge in [-0.1, -0.05) is 38.3 Å². The SMILES string of the molecule is Cc1nc(N)c2nc(CN(C)c3ccc(C(=O)N[C@@H](CCC(=O)NCCSCC4=C(C(=O)O)N5C(=O)C(NC(=O)CCCCCCNC(=O)[C@@]6(O)[C@H](C)C[C@H]7C8CCC9=CC(=O)C=C[C@]9(C)[C@@]8(F)[C@@H](O)C[C@@]76C)[C@H]5SC4)C(=O)O)cc3)cnc2n1. The minimum absolute atomic E-state index is 0.117. The third-order valence-corrected chi connectivity index (χ3v) is 20.8. The number of benzene rings is 1. The molecule has 10 N–H and O–H groups in total. The van der Waals surface area contributed by atoms with Gasteiger partial charge in [0.25, 0.3) is 17.7 Å². The molecule has 4 heterocycles. The Balaban J connectivity index is 0.649. The smallest absolute Gasteiger partial charge is 0.352 e. The van der Waals surface area contributed by atoms with E-state index < -0.39 is 93.1 Å². The van der Waals surface area contributed by atoms with Crippen LogP contribution in [0.25, 0.3) is 11.2 Å². The lowest BCUT2D eigenvalue weighted by Crippen LogP contribution is -2.70. The summed E-state index contributed by atoms with van der Waals surface area (Å²) in [4.78, 5) is 123. The van der Waals surface area contributed by atoms with Gasteiger partial charge < -0.3 is 52.3 Å². The van der Waals surface area contributed by atoms with E-state index in [0.29, 0.717) is 96.8 Å². The minimum Gasteiger partial charge on any atom is -0.480 e. The number of nitrogen functional groups attached to an aromatic ring is 1. The summed E-state index contributed by atoms with van der Waals surface area (Å²) in [5, 5.41) is 54.2. The van der Waals surface area contributed by atoms with E-state index in [9.17, 15) is 58.8 Å². The molecule has 6 aliphatic rings. The number of fused-ring (bicyclic) bond motifs is 7. The zero-order chi connectivity index (χ0) is 61.3. The molecule has 2 aromatic heterocycles. The number of anilines is 2. The molecular weight excluding hydrogens is 1140 g/mol. The number of thioether (sulfide) groups is 2. The van der Waals surface area contributed by atoms with Crippen molar-refractivity contribution in [1.82, 2.24) is 46.1 Å². The average molecular weight is 1210 g/mol. The molecule has 2 aliphatic heterocycles. The van der Waals surface area contributed by atoms with E-state index in [-0.39, 0.29) is 79.2 Å². The second kappa shape index (κ2) is 25.1. The van der Waals surface area contributed by atoms with Crippen molar-refractivity contribution in [2.45, 2.75) is 140 Å². The summed E-state index contributed by atoms with van der Waals surface area (Å²) < 4.78 is 17.5. The van der Waals surface area contributed by atoms with Gasteiger partial charge in [-0.05, 0) is 113 Å². The average Bonchev–Trinajstić information content (AvgIpc) is 1.66. The molecule has 0 radical (unpaired) electrons. The first-order valence-electron chi connectivity index (χ1n) is 28.8. The molecule has 4 fully saturated rings. The Kier molecular flexibility index (Phi) is 18.5. The first-order valence-corrected chi connectivity index (χ1v) is 31.0. The number of allylic oxidation sites excluding steroid dienone is 4. The number of amides is 5. The zero-order valence-corrected chi connectivity index (χ0v) is 49.8. The topological polar surface area (TPSA) is 350 Å². The molecule has 4 aliphatic carbocycles. The molecule has 0 spiro atoms. The predicted octanol–water partition coefficient (Wildman–Crippen LogP) is 3.91. The number of nitrogens with zero attached hydrogens (tertiary/aromatic N) is 6. The first-order chi connectivity index (χ1) is 40.3. The highest BCUT2D eigenvalue weighted by Gasteiger charge is 2.76. The van der Waals surface area contributed by atoms with Gasteiger partial charge in [0.05, 0.1) is 24.5 Å². The molecule has 1 saturated heterocycles. The van der Waals surface area contributed by atoms with Crippen LogP contribution in [0.1, 0.15) is 113 Å². The summed E-state index contributed by atoms with van der Waals surface area (Å²) in [7, 11) is 1.82. The molecule has 11 atom stereocenters. The Morgan fingerprint density at radius 3 is 2.45 bits per heavy atom. The molecule has 0 bridgehead atoms. The van der Waals surface area contributed by atoms with Crippen molar-refractivity contribution in [3.05, 3.63) is 82.6 Å². The molecule has 2 unspecified atom stereocenters. The number of aryl methyl sites for hydroxylation is 1. The third kappa shape index (κ3) is 12.0. The molecule has 1 aromatic carbocycles. The number of rotatable bonds is 24. The third-order valence-electron chi connectivity index (χ3n) is 18.4. The molecule has 3 saturated carbocycles. The Labute approximate surface area is 499 Å². The Morgan fingerprint density at radius 2 is 1.72 bits per heavy atom. The summed E-state index contributed by atoms with van der Waals surface area (Å²) in [6.45, 7) is 7.83. The maximum Gasteiger partial charge on any atom is 0.352 e. The first kappa shape index (κ1) is 62.5. The van der Waals surface area contributed by atoms with Crippen LogP contribution in [0.15, 0.2) is 65.5 Å². The van der Waals surface area contributed by atoms with Gasteiger partial charge in [-0.25, -0.2) is 33.9 Å². The summed E-state index contributed by atoms with van der Waals surface area (Å²) in [5.41, 5.74) is 3.22. The van der Waals surface area contributed by atoms with Crippen molar-refractivity contribution in [3.63, 3.8) is 0 Å². The standard InChI is InChI=1S/C59H74FN11O12S2/c1-31-24-40-39-16-13-35-25-38(72)19-20-56(35,3)58(39,60)42(73)26-57(40,4)59(31,83)55(82)63-21-9-7-6-8-10-44(75)69-46-51(77)71-47(54(80)81)34(30-85-52(46)71)29-84-23-22-62-43(74)18-17-41(53(78)79)68-50(76)33-11-14-37(15-12-33)70(5)28-36-27-64-49-45(67-36)48(61)65-32(2)66-49/h11-12,14-15,19-20,25,27,31,39-42,46,52,73,83H,6-10,13,16-18,21-24,26,28-30H2,1-5H3,(H,62,74)(H,63,82)(H,68,76)(H,69,75)(H,78,79)(H,80,81)(H2,61,64,65,66)/t31-,39?,40+,41+,42+,46?,52-,56+,57+,58+,59+/m1/s1. The highest BCUT2D eigenvalue weighted by atomic mass is 32.2. The maximum absolute atomic E-state index is 17.5. The highest BCUT2D eigenvalue weighted by molar-refractivity contribution is 8.01. The molecule has 3 aromatic rings. The molecule has 85 heavy (non-hydrogen) atoms. The number of hydrogen-bond donors (Lipinski definition) is 9. The Hall–Kier alpha value is -7.03. The van der Waals surface area contributed by atoms with Crippen LogP contribution in [0.4, 0.5) is 15.9 Å². The van der Waals surface area contributed by atoms with Gasteiger partial charge in [0.1, 0.15) is 29.0 Å². The maximum atomic E-state index is 17.5. The number of carboxylic acids is 2. The summed E-state index contributed by atoms with van der Waals surface area (Å²) in [5.74, 6) is -5.17. The monoisotopic (exact) mass is 1210 g/mol. The van der Waals surface area contributed by atoms with E-state index in [0.717, 1.165) is 5.69 Å². The van der Waals surface area contributed by atoms with E-state index in [4.69, 9.17) is 5.73 Å². The van der Waals surface area contributed by atoms with Crippen LogP contribution in [0.5, 0.6) is 0 Å². The fourth-order valence-electron chi connectivity index (χ4n) is 13.8. The van der Waals surface area contributed by atoms with E-state index in [1.54, 1.807) is 64.2 Å². The number of aromatic nitrogens is 4. The van der Waals surface area contributed by atoms with Crippen molar-refractivity contribution in [2.24, 2.45) is 28.6 Å². The van der Waals surface area contributed by atoms with Crippen LogP contribution in [0, 0.1) is 35.5 Å². The van der Waals surface area contributed by atoms with E-state index in [1.807, 2.05) is 11.9 Å². The number of aliphatic hydroxyl groups excluding tert-OH is 1. The molecular formula is C59H74FN11O12S2. The van der Waals surface area contributed by atoms with Gasteiger partial charge >= 0.3 is 11.9 Å². The number of hydrogen-bond acceptors (Lipinski definition) is 18. The number of halogens is 1. The fraction of sp³-hybridized carbons (Fsp3) is 0.559. The number of unbranched alkanes of at least 4 members (excludes halogenated alkanes) is 3. The minimum atomic E-state index is -2.07. The van der Waals surface area contributed by atoms with Crippen LogP contribution < -0.4 is 31.9 Å². The number of carbonyl (C=O) groups is 8. The van der Waals surface area contributed by atoms with Crippen molar-refractivity contribution in [1.29, 1.82) is 0 Å². The van der Waals surface area contributed by atoms with Crippen molar-refractivity contribution in [2.75, 3.05) is 48.0 Å². The zero-order valence-electron chi connectivity index (χ0n) is 48.2. The van der Waals surface area contributed by atoms with E-state index >= 15 is 4.39 Å². The lowest BCUT2D eigenvalue weighted by Gasteiger charge is -2.62. The van der Waals surface area contributed by atoms with Crippen LogP contribution in [0.3, 0.4) is 0 Å². The van der Waals surface area contributed by atoms with Crippen molar-refractivity contribution < 1.29 is 63.2 Å². The number of aliphatic carboxylic acids is 2. The highest BCUT2D eigenvalue weighted by Crippen LogP contribution is 2.70. The normalized spacial score (nSPS) is 28.7. The second-order valence-electron chi connectivity index (χ2n) is 23.7. The molecule has 23 nitrogen and oxygen atoms in total. The van der Waals surface area contributed by atoms with Crippen molar-refractivity contribution >= 4 is 93.5 Å². The van der Waals surface area contributed by atoms with Gasteiger partial charge in [0.2, 0.25) is 11.8 Å². The van der Waals surface area contributed by atoms with Gasteiger partial charge in [0.15, 0.2) is 34.0 Å². The molecule has 5 amide bonds. The van der Waals surface area contributed by atoms with Gasteiger partial charge in [-0.15, -0.1) is 11.8 Å². The van der Waals surface area contributed by atoms with Gasteiger partial charge in [-0.3, -0.25) is 33.7 Å². The van der Waals surface area contributed by atoms with Crippen LogP contribution in [-0.2, 0) is 40.1 Å². The van der Waals surface area contributed by atoms with Crippen molar-refractivity contribution in [3.8, 4) is 0 Å². The summed E-state index contributed by atoms with van der Waals surface area (Å²) in [6.07, 6.45) is 7.80. The second-order valence-corrected chi connectivity index (χ2v) is 25.9. The molecule has 26 heteroatoms. The summed E-state index contributed by atoms with van der Waals surface area (Å²) >= 11 is 2.69. The largest absolute Gasteiger partial charge is 0.480 e. The van der Waals surface area contributed by atoms with Crippen LogP contribution in [-0.4, -0.2) is 165 Å². The Morgan fingerprint density at radius 1 is 0.976 bits per heavy atom. The van der Waals surface area contributed by atoms with Crippen LogP contribution in [0.2, 0.25) is 0 Å². The predicted molar refractivity (Wildman–Crippen MR) is 315 cm³/mol. The quantitative estimate of drug-likeness (QED) is 0.0453. The summed E-state index contributed by atoms with van der Waals surface area (Å²) in [6, 6.07) is 4.27.